The van der Waals surface area contributed by atoms with E-state index in [9.17, 15) is 9.18 Å². The van der Waals surface area contributed by atoms with Crippen LogP contribution in [-0.2, 0) is 4.79 Å². The molecule has 1 aliphatic rings. The third-order valence-corrected chi connectivity index (χ3v) is 3.76. The van der Waals surface area contributed by atoms with Crippen molar-refractivity contribution in [1.82, 2.24) is 4.90 Å². The third kappa shape index (κ3) is 3.71. The van der Waals surface area contributed by atoms with E-state index in [1.165, 1.54) is 6.07 Å². The van der Waals surface area contributed by atoms with Crippen LogP contribution < -0.4 is 4.90 Å². The van der Waals surface area contributed by atoms with Gasteiger partial charge in [0.05, 0.1) is 5.69 Å². The molecular weight excluding hydrogens is 255 g/mol. The van der Waals surface area contributed by atoms with Crippen molar-refractivity contribution in [1.29, 1.82) is 0 Å². The SMILES string of the molecule is CC(C)CCC(=O)N1CCN(c2ccccc2F)CC1. The number of carbonyl (C=O) groups is 1. The van der Waals surface area contributed by atoms with Crippen molar-refractivity contribution in [2.75, 3.05) is 31.1 Å². The number of nitrogens with zero attached hydrogens (tertiary/aromatic N) is 2. The molecule has 0 bridgehead atoms. The molecule has 0 aromatic heterocycles. The summed E-state index contributed by atoms with van der Waals surface area (Å²) in [7, 11) is 0. The van der Waals surface area contributed by atoms with Gasteiger partial charge in [-0.25, -0.2) is 4.39 Å². The molecule has 1 aliphatic heterocycles. The van der Waals surface area contributed by atoms with Crippen molar-refractivity contribution in [3.63, 3.8) is 0 Å². The normalized spacial score (nSPS) is 15.8. The maximum atomic E-state index is 13.7. The molecule has 1 saturated heterocycles. The fraction of sp³-hybridized carbons (Fsp3) is 0.562. The van der Waals surface area contributed by atoms with E-state index in [1.807, 2.05) is 15.9 Å². The Morgan fingerprint density at radius 1 is 1.20 bits per heavy atom. The summed E-state index contributed by atoms with van der Waals surface area (Å²) in [5, 5.41) is 0. The summed E-state index contributed by atoms with van der Waals surface area (Å²) in [6.07, 6.45) is 1.56. The number of hydrogen-bond acceptors (Lipinski definition) is 2. The summed E-state index contributed by atoms with van der Waals surface area (Å²) in [5.74, 6) is 0.595. The van der Waals surface area contributed by atoms with Crippen LogP contribution in [0.5, 0.6) is 0 Å². The van der Waals surface area contributed by atoms with Gasteiger partial charge in [-0.1, -0.05) is 26.0 Å². The Labute approximate surface area is 120 Å². The Morgan fingerprint density at radius 3 is 2.45 bits per heavy atom. The molecule has 0 atom stereocenters. The first-order chi connectivity index (χ1) is 9.58. The summed E-state index contributed by atoms with van der Waals surface area (Å²) in [6, 6.07) is 6.82. The Kier molecular flexibility index (Phi) is 4.99. The van der Waals surface area contributed by atoms with E-state index in [2.05, 4.69) is 13.8 Å². The van der Waals surface area contributed by atoms with Crippen molar-refractivity contribution < 1.29 is 9.18 Å². The van der Waals surface area contributed by atoms with Crippen LogP contribution in [0.15, 0.2) is 24.3 Å². The first kappa shape index (κ1) is 14.8. The lowest BCUT2D eigenvalue weighted by molar-refractivity contribution is -0.131. The molecule has 1 fully saturated rings. The Balaban J connectivity index is 1.86. The lowest BCUT2D eigenvalue weighted by Crippen LogP contribution is -2.49. The predicted molar refractivity (Wildman–Crippen MR) is 79.3 cm³/mol. The molecule has 0 spiro atoms. The summed E-state index contributed by atoms with van der Waals surface area (Å²) in [5.41, 5.74) is 0.641. The van der Waals surface area contributed by atoms with Crippen LogP contribution >= 0.6 is 0 Å². The van der Waals surface area contributed by atoms with Gasteiger partial charge in [-0.15, -0.1) is 0 Å². The number of piperazine rings is 1. The maximum Gasteiger partial charge on any atom is 0.222 e. The molecule has 2 rings (SSSR count). The standard InChI is InChI=1S/C16H23FN2O/c1-13(2)7-8-16(20)19-11-9-18(10-12-19)15-6-4-3-5-14(15)17/h3-6,13H,7-12H2,1-2H3. The second-order valence-corrected chi connectivity index (χ2v) is 5.75. The summed E-state index contributed by atoms with van der Waals surface area (Å²) in [4.78, 5) is 16.0. The van der Waals surface area contributed by atoms with Crippen LogP contribution in [0.2, 0.25) is 0 Å². The van der Waals surface area contributed by atoms with Gasteiger partial charge in [0.25, 0.3) is 0 Å². The molecule has 0 N–H and O–H groups in total. The number of rotatable bonds is 4. The zero-order valence-corrected chi connectivity index (χ0v) is 12.3. The van der Waals surface area contributed by atoms with E-state index in [-0.39, 0.29) is 11.7 Å². The number of benzene rings is 1. The van der Waals surface area contributed by atoms with Crippen molar-refractivity contribution >= 4 is 11.6 Å². The van der Waals surface area contributed by atoms with Gasteiger partial charge >= 0.3 is 0 Å². The van der Waals surface area contributed by atoms with Gasteiger partial charge in [0.2, 0.25) is 5.91 Å². The Morgan fingerprint density at radius 2 is 1.85 bits per heavy atom. The van der Waals surface area contributed by atoms with Gasteiger partial charge in [-0.2, -0.15) is 0 Å². The Hall–Kier alpha value is -1.58. The lowest BCUT2D eigenvalue weighted by atomic mass is 10.1. The van der Waals surface area contributed by atoms with Crippen LogP contribution in [0.4, 0.5) is 10.1 Å². The highest BCUT2D eigenvalue weighted by Gasteiger charge is 2.22. The monoisotopic (exact) mass is 278 g/mol. The molecule has 20 heavy (non-hydrogen) atoms. The molecule has 0 saturated carbocycles. The fourth-order valence-electron chi connectivity index (χ4n) is 2.48. The number of para-hydroxylation sites is 1. The Bertz CT molecular complexity index is 454. The van der Waals surface area contributed by atoms with E-state index < -0.39 is 0 Å². The zero-order chi connectivity index (χ0) is 14.5. The second-order valence-electron chi connectivity index (χ2n) is 5.75. The lowest BCUT2D eigenvalue weighted by Gasteiger charge is -2.36. The second kappa shape index (κ2) is 6.73. The van der Waals surface area contributed by atoms with E-state index in [0.29, 0.717) is 44.2 Å². The van der Waals surface area contributed by atoms with Gasteiger partial charge < -0.3 is 9.80 Å². The van der Waals surface area contributed by atoms with Crippen LogP contribution in [0, 0.1) is 11.7 Å². The smallest absolute Gasteiger partial charge is 0.222 e. The molecular formula is C16H23FN2O. The molecule has 1 heterocycles. The van der Waals surface area contributed by atoms with Crippen LogP contribution in [0.3, 0.4) is 0 Å². The fourth-order valence-corrected chi connectivity index (χ4v) is 2.48. The summed E-state index contributed by atoms with van der Waals surface area (Å²) >= 11 is 0. The van der Waals surface area contributed by atoms with Crippen molar-refractivity contribution in [2.45, 2.75) is 26.7 Å². The van der Waals surface area contributed by atoms with Gasteiger partial charge in [-0.05, 0) is 24.5 Å². The first-order valence-electron chi connectivity index (χ1n) is 7.35. The largest absolute Gasteiger partial charge is 0.366 e. The molecule has 3 nitrogen and oxygen atoms in total. The molecule has 0 unspecified atom stereocenters. The quantitative estimate of drug-likeness (QED) is 0.845. The van der Waals surface area contributed by atoms with E-state index in [0.717, 1.165) is 6.42 Å². The van der Waals surface area contributed by atoms with Crippen LogP contribution in [-0.4, -0.2) is 37.0 Å². The van der Waals surface area contributed by atoms with E-state index in [4.69, 9.17) is 0 Å². The van der Waals surface area contributed by atoms with Crippen molar-refractivity contribution in [2.24, 2.45) is 5.92 Å². The topological polar surface area (TPSA) is 23.6 Å². The molecule has 1 aromatic carbocycles. The minimum atomic E-state index is -0.188. The van der Waals surface area contributed by atoms with Gasteiger partial charge in [0.15, 0.2) is 0 Å². The van der Waals surface area contributed by atoms with Gasteiger partial charge in [0.1, 0.15) is 5.82 Å². The van der Waals surface area contributed by atoms with Crippen LogP contribution in [0.25, 0.3) is 0 Å². The zero-order valence-electron chi connectivity index (χ0n) is 12.3. The maximum absolute atomic E-state index is 13.7. The number of halogens is 1. The number of hydrogen-bond donors (Lipinski definition) is 0. The highest BCUT2D eigenvalue weighted by Crippen LogP contribution is 2.20. The molecule has 110 valence electrons. The van der Waals surface area contributed by atoms with Crippen molar-refractivity contribution in [3.8, 4) is 0 Å². The van der Waals surface area contributed by atoms with Crippen molar-refractivity contribution in [3.05, 3.63) is 30.1 Å². The van der Waals surface area contributed by atoms with Crippen LogP contribution in [0.1, 0.15) is 26.7 Å². The average molecular weight is 278 g/mol. The molecule has 1 amide bonds. The molecule has 4 heteroatoms. The predicted octanol–water partition coefficient (Wildman–Crippen LogP) is 2.91. The number of amides is 1. The van der Waals surface area contributed by atoms with Gasteiger partial charge in [0, 0.05) is 32.6 Å². The highest BCUT2D eigenvalue weighted by molar-refractivity contribution is 5.76. The first-order valence-corrected chi connectivity index (χ1v) is 7.35. The number of carbonyl (C=O) groups excluding carboxylic acids is 1. The average Bonchev–Trinajstić information content (AvgIpc) is 2.45. The molecule has 0 radical (unpaired) electrons. The number of anilines is 1. The minimum absolute atomic E-state index is 0.188. The minimum Gasteiger partial charge on any atom is -0.366 e. The molecule has 1 aromatic rings. The molecule has 0 aliphatic carbocycles. The summed E-state index contributed by atoms with van der Waals surface area (Å²) in [6.45, 7) is 7.03. The highest BCUT2D eigenvalue weighted by atomic mass is 19.1. The van der Waals surface area contributed by atoms with Gasteiger partial charge in [-0.3, -0.25) is 4.79 Å². The van der Waals surface area contributed by atoms with E-state index >= 15 is 0 Å². The van der Waals surface area contributed by atoms with E-state index in [1.54, 1.807) is 12.1 Å². The summed E-state index contributed by atoms with van der Waals surface area (Å²) < 4.78 is 13.7. The third-order valence-electron chi connectivity index (χ3n) is 3.76.